The number of rotatable bonds is 3. The van der Waals surface area contributed by atoms with Crippen molar-refractivity contribution in [1.29, 1.82) is 0 Å². The third-order valence-electron chi connectivity index (χ3n) is 4.49. The van der Waals surface area contributed by atoms with Crippen LogP contribution in [0.3, 0.4) is 0 Å². The summed E-state index contributed by atoms with van der Waals surface area (Å²) in [5.74, 6) is 0. The third kappa shape index (κ3) is 3.02. The number of benzene rings is 2. The lowest BCUT2D eigenvalue weighted by molar-refractivity contribution is 0.650. The van der Waals surface area contributed by atoms with Gasteiger partial charge in [-0.2, -0.15) is 9.61 Å². The highest BCUT2D eigenvalue weighted by atomic mass is 35.5. The van der Waals surface area contributed by atoms with Crippen molar-refractivity contribution in [3.63, 3.8) is 0 Å². The largest absolute Gasteiger partial charge is 0.367 e. The number of hydrogen-bond acceptors (Lipinski definition) is 3. The van der Waals surface area contributed by atoms with Gasteiger partial charge in [-0.3, -0.25) is 0 Å². The van der Waals surface area contributed by atoms with E-state index in [-0.39, 0.29) is 5.69 Å². The fourth-order valence-corrected chi connectivity index (χ4v) is 2.96. The molecule has 2 heterocycles. The molecule has 0 radical (unpaired) electrons. The molecule has 0 fully saturated rings. The number of aryl methyl sites for hydroxylation is 2. The van der Waals surface area contributed by atoms with Crippen LogP contribution in [0.25, 0.3) is 16.9 Å². The van der Waals surface area contributed by atoms with Gasteiger partial charge < -0.3 is 0 Å². The van der Waals surface area contributed by atoms with E-state index in [2.05, 4.69) is 36.2 Å². The third-order valence-corrected chi connectivity index (χ3v) is 4.74. The van der Waals surface area contributed by atoms with Crippen molar-refractivity contribution in [2.45, 2.75) is 20.4 Å². The van der Waals surface area contributed by atoms with E-state index in [1.54, 1.807) is 12.1 Å². The highest BCUT2D eigenvalue weighted by molar-refractivity contribution is 6.30. The number of nitrogens with zero attached hydrogens (tertiary/aromatic N) is 4. The predicted octanol–water partition coefficient (Wildman–Crippen LogP) is 3.88. The first-order valence-corrected chi connectivity index (χ1v) is 8.68. The molecule has 6 heteroatoms. The molecule has 0 aliphatic heterocycles. The van der Waals surface area contributed by atoms with Crippen LogP contribution in [-0.4, -0.2) is 19.4 Å². The van der Waals surface area contributed by atoms with Crippen molar-refractivity contribution in [3.05, 3.63) is 86.8 Å². The molecule has 5 nitrogen and oxygen atoms in total. The number of fused-ring (bicyclic) bond motifs is 1. The van der Waals surface area contributed by atoms with Crippen LogP contribution in [0.4, 0.5) is 0 Å². The molecule has 4 rings (SSSR count). The quantitative estimate of drug-likeness (QED) is 0.554. The molecule has 2 aromatic heterocycles. The molecule has 0 spiro atoms. The van der Waals surface area contributed by atoms with Crippen LogP contribution in [0.1, 0.15) is 16.7 Å². The van der Waals surface area contributed by atoms with Crippen molar-refractivity contribution in [1.82, 2.24) is 19.4 Å². The Labute approximate surface area is 155 Å². The van der Waals surface area contributed by atoms with Crippen molar-refractivity contribution in [2.75, 3.05) is 0 Å². The Kier molecular flexibility index (Phi) is 4.09. The summed E-state index contributed by atoms with van der Waals surface area (Å²) in [5.41, 5.74) is 5.35. The van der Waals surface area contributed by atoms with Crippen molar-refractivity contribution in [2.24, 2.45) is 0 Å². The van der Waals surface area contributed by atoms with E-state index < -0.39 is 0 Å². The SMILES string of the molecule is Cc1ccc(-c2ccc3nn(Cc4ccc(Cl)cc4)c(=O)n3n2)cc1C. The zero-order chi connectivity index (χ0) is 18.3. The van der Waals surface area contributed by atoms with Crippen LogP contribution in [0.5, 0.6) is 0 Å². The lowest BCUT2D eigenvalue weighted by Crippen LogP contribution is -2.23. The molecule has 0 saturated carbocycles. The molecule has 0 atom stereocenters. The monoisotopic (exact) mass is 364 g/mol. The minimum atomic E-state index is -0.263. The molecule has 0 aliphatic carbocycles. The molecule has 0 amide bonds. The Hall–Kier alpha value is -2.92. The summed E-state index contributed by atoms with van der Waals surface area (Å²) in [6.07, 6.45) is 0. The maximum absolute atomic E-state index is 12.7. The van der Waals surface area contributed by atoms with E-state index in [9.17, 15) is 4.79 Å². The standard InChI is InChI=1S/C20H17ClN4O/c1-13-3-6-16(11-14(13)2)18-9-10-19-23-24(20(26)25(19)22-18)12-15-4-7-17(21)8-5-15/h3-11H,12H2,1-2H3. The Balaban J connectivity index is 1.74. The van der Waals surface area contributed by atoms with Crippen LogP contribution in [0.2, 0.25) is 5.02 Å². The molecule has 0 unspecified atom stereocenters. The van der Waals surface area contributed by atoms with Gasteiger partial charge in [-0.25, -0.2) is 9.48 Å². The van der Waals surface area contributed by atoms with Crippen molar-refractivity contribution in [3.8, 4) is 11.3 Å². The maximum Gasteiger partial charge on any atom is 0.367 e. The molecule has 0 N–H and O–H groups in total. The fraction of sp³-hybridized carbons (Fsp3) is 0.150. The van der Waals surface area contributed by atoms with E-state index in [4.69, 9.17) is 11.6 Å². The lowest BCUT2D eigenvalue weighted by atomic mass is 10.0. The first-order valence-electron chi connectivity index (χ1n) is 8.30. The minimum absolute atomic E-state index is 0.263. The van der Waals surface area contributed by atoms with E-state index in [1.165, 1.54) is 20.3 Å². The lowest BCUT2D eigenvalue weighted by Gasteiger charge is -2.04. The molecular weight excluding hydrogens is 348 g/mol. The van der Waals surface area contributed by atoms with Crippen LogP contribution < -0.4 is 5.69 Å². The molecule has 130 valence electrons. The van der Waals surface area contributed by atoms with Crippen molar-refractivity contribution >= 4 is 17.2 Å². The molecule has 0 saturated heterocycles. The van der Waals surface area contributed by atoms with E-state index >= 15 is 0 Å². The zero-order valence-corrected chi connectivity index (χ0v) is 15.2. The minimum Gasteiger partial charge on any atom is -0.244 e. The zero-order valence-electron chi connectivity index (χ0n) is 14.5. The second kappa shape index (κ2) is 6.42. The maximum atomic E-state index is 12.7. The van der Waals surface area contributed by atoms with E-state index in [0.717, 1.165) is 16.8 Å². The summed E-state index contributed by atoms with van der Waals surface area (Å²) < 4.78 is 2.76. The first kappa shape index (κ1) is 16.5. The molecule has 4 aromatic rings. The van der Waals surface area contributed by atoms with Gasteiger partial charge in [-0.1, -0.05) is 35.9 Å². The van der Waals surface area contributed by atoms with Crippen LogP contribution in [-0.2, 0) is 6.54 Å². The molecule has 0 bridgehead atoms. The van der Waals surface area contributed by atoms with Gasteiger partial charge in [0, 0.05) is 10.6 Å². The smallest absolute Gasteiger partial charge is 0.244 e. The number of aromatic nitrogens is 4. The Morgan fingerprint density at radius 2 is 1.69 bits per heavy atom. The van der Waals surface area contributed by atoms with Gasteiger partial charge in [0.1, 0.15) is 0 Å². The normalized spacial score (nSPS) is 11.2. The van der Waals surface area contributed by atoms with Gasteiger partial charge in [-0.15, -0.1) is 5.10 Å². The van der Waals surface area contributed by atoms with Gasteiger partial charge in [-0.05, 0) is 60.9 Å². The highest BCUT2D eigenvalue weighted by Gasteiger charge is 2.10. The molecule has 0 aliphatic rings. The summed E-state index contributed by atoms with van der Waals surface area (Å²) in [6, 6.07) is 17.2. The molecular formula is C20H17ClN4O. The summed E-state index contributed by atoms with van der Waals surface area (Å²) >= 11 is 5.91. The second-order valence-electron chi connectivity index (χ2n) is 6.35. The average Bonchev–Trinajstić information content (AvgIpc) is 2.95. The highest BCUT2D eigenvalue weighted by Crippen LogP contribution is 2.20. The average molecular weight is 365 g/mol. The van der Waals surface area contributed by atoms with Crippen LogP contribution >= 0.6 is 11.6 Å². The van der Waals surface area contributed by atoms with E-state index in [1.807, 2.05) is 30.3 Å². The van der Waals surface area contributed by atoms with Gasteiger partial charge >= 0.3 is 5.69 Å². The summed E-state index contributed by atoms with van der Waals surface area (Å²) in [4.78, 5) is 12.7. The predicted molar refractivity (Wildman–Crippen MR) is 103 cm³/mol. The van der Waals surface area contributed by atoms with Crippen LogP contribution in [0.15, 0.2) is 59.4 Å². The van der Waals surface area contributed by atoms with Gasteiger partial charge in [0.15, 0.2) is 5.65 Å². The topological polar surface area (TPSA) is 52.2 Å². The van der Waals surface area contributed by atoms with Gasteiger partial charge in [0.05, 0.1) is 12.2 Å². The van der Waals surface area contributed by atoms with Crippen LogP contribution in [0, 0.1) is 13.8 Å². The summed E-state index contributed by atoms with van der Waals surface area (Å²) in [5, 5.41) is 9.52. The van der Waals surface area contributed by atoms with E-state index in [0.29, 0.717) is 17.2 Å². The summed E-state index contributed by atoms with van der Waals surface area (Å²) in [7, 11) is 0. The van der Waals surface area contributed by atoms with Gasteiger partial charge in [0.2, 0.25) is 0 Å². The number of hydrogen-bond donors (Lipinski definition) is 0. The molecule has 2 aromatic carbocycles. The fourth-order valence-electron chi connectivity index (χ4n) is 2.83. The second-order valence-corrected chi connectivity index (χ2v) is 6.79. The van der Waals surface area contributed by atoms with Crippen molar-refractivity contribution < 1.29 is 0 Å². The number of halogens is 1. The first-order chi connectivity index (χ1) is 12.5. The Morgan fingerprint density at radius 3 is 2.42 bits per heavy atom. The Bertz CT molecular complexity index is 1160. The Morgan fingerprint density at radius 1 is 0.923 bits per heavy atom. The summed E-state index contributed by atoms with van der Waals surface area (Å²) in [6.45, 7) is 4.51. The molecule has 26 heavy (non-hydrogen) atoms. The van der Waals surface area contributed by atoms with Gasteiger partial charge in [0.25, 0.3) is 0 Å².